The Morgan fingerprint density at radius 2 is 2.17 bits per heavy atom. The van der Waals surface area contributed by atoms with Crippen molar-refractivity contribution in [2.45, 2.75) is 13.2 Å². The number of carbonyl (C=O) groups is 1. The number of esters is 1. The van der Waals surface area contributed by atoms with Crippen LogP contribution in [0, 0.1) is 5.82 Å². The molecule has 0 spiro atoms. The van der Waals surface area contributed by atoms with E-state index in [1.165, 1.54) is 24.3 Å². The van der Waals surface area contributed by atoms with Crippen LogP contribution in [0.5, 0.6) is 5.75 Å². The molecular weight excluding hydrogens is 325 g/mol. The lowest BCUT2D eigenvalue weighted by atomic mass is 10.1. The summed E-state index contributed by atoms with van der Waals surface area (Å²) in [7, 11) is 0. The molecule has 2 N–H and O–H groups in total. The SMILES string of the molecule is Nc1cc(Cl)ccc1C(=O)OCc1cc(F)cc2c1OCOC2. The van der Waals surface area contributed by atoms with E-state index < -0.39 is 11.8 Å². The van der Waals surface area contributed by atoms with Gasteiger partial charge in [-0.05, 0) is 30.3 Å². The summed E-state index contributed by atoms with van der Waals surface area (Å²) in [5, 5.41) is 0.423. The van der Waals surface area contributed by atoms with Gasteiger partial charge in [0.1, 0.15) is 18.2 Å². The van der Waals surface area contributed by atoms with Crippen LogP contribution in [0.3, 0.4) is 0 Å². The smallest absolute Gasteiger partial charge is 0.340 e. The minimum atomic E-state index is -0.621. The van der Waals surface area contributed by atoms with Crippen molar-refractivity contribution in [3.05, 3.63) is 57.9 Å². The molecule has 0 atom stereocenters. The summed E-state index contributed by atoms with van der Waals surface area (Å²) in [5.74, 6) is -0.589. The number of ether oxygens (including phenoxy) is 3. The summed E-state index contributed by atoms with van der Waals surface area (Å²) in [6.45, 7) is 0.183. The van der Waals surface area contributed by atoms with E-state index in [9.17, 15) is 9.18 Å². The third-order valence-electron chi connectivity index (χ3n) is 3.34. The van der Waals surface area contributed by atoms with E-state index in [1.54, 1.807) is 6.07 Å². The van der Waals surface area contributed by atoms with Gasteiger partial charge in [-0.3, -0.25) is 0 Å². The van der Waals surface area contributed by atoms with Gasteiger partial charge in [-0.15, -0.1) is 0 Å². The van der Waals surface area contributed by atoms with Gasteiger partial charge in [-0.1, -0.05) is 11.6 Å². The molecule has 1 aliphatic heterocycles. The molecule has 0 saturated carbocycles. The highest BCUT2D eigenvalue weighted by Crippen LogP contribution is 2.30. The lowest BCUT2D eigenvalue weighted by molar-refractivity contribution is -0.0182. The number of anilines is 1. The van der Waals surface area contributed by atoms with Gasteiger partial charge in [0.15, 0.2) is 6.79 Å². The molecule has 120 valence electrons. The third-order valence-corrected chi connectivity index (χ3v) is 3.58. The van der Waals surface area contributed by atoms with E-state index >= 15 is 0 Å². The van der Waals surface area contributed by atoms with Gasteiger partial charge in [-0.25, -0.2) is 9.18 Å². The maximum absolute atomic E-state index is 13.6. The second-order valence-corrected chi connectivity index (χ2v) is 5.41. The lowest BCUT2D eigenvalue weighted by Crippen LogP contribution is -2.15. The molecule has 0 aromatic heterocycles. The summed E-state index contributed by atoms with van der Waals surface area (Å²) < 4.78 is 29.3. The Labute approximate surface area is 136 Å². The molecular formula is C16H13ClFNO4. The number of fused-ring (bicyclic) bond motifs is 1. The highest BCUT2D eigenvalue weighted by molar-refractivity contribution is 6.31. The number of nitrogen functional groups attached to an aromatic ring is 1. The number of hydrogen-bond donors (Lipinski definition) is 1. The normalized spacial score (nSPS) is 13.1. The van der Waals surface area contributed by atoms with Crippen LogP contribution in [0.1, 0.15) is 21.5 Å². The number of hydrogen-bond acceptors (Lipinski definition) is 5. The fraction of sp³-hybridized carbons (Fsp3) is 0.188. The summed E-state index contributed by atoms with van der Waals surface area (Å²) >= 11 is 5.79. The van der Waals surface area contributed by atoms with Crippen molar-refractivity contribution in [1.29, 1.82) is 0 Å². The van der Waals surface area contributed by atoms with Gasteiger partial charge in [0.05, 0.1) is 12.2 Å². The first kappa shape index (κ1) is 15.6. The maximum atomic E-state index is 13.6. The lowest BCUT2D eigenvalue weighted by Gasteiger charge is -2.20. The molecule has 0 saturated heterocycles. The average Bonchev–Trinajstić information content (AvgIpc) is 2.52. The summed E-state index contributed by atoms with van der Waals surface area (Å²) in [5.41, 5.74) is 7.17. The first-order valence-electron chi connectivity index (χ1n) is 6.78. The van der Waals surface area contributed by atoms with E-state index in [-0.39, 0.29) is 31.3 Å². The second kappa shape index (κ2) is 6.44. The van der Waals surface area contributed by atoms with Crippen LogP contribution < -0.4 is 10.5 Å². The Morgan fingerprint density at radius 3 is 2.96 bits per heavy atom. The van der Waals surface area contributed by atoms with Gasteiger partial charge >= 0.3 is 5.97 Å². The number of nitrogens with two attached hydrogens (primary N) is 1. The molecule has 5 nitrogen and oxygen atoms in total. The zero-order valence-electron chi connectivity index (χ0n) is 12.0. The fourth-order valence-corrected chi connectivity index (χ4v) is 2.48. The molecule has 7 heteroatoms. The molecule has 2 aromatic carbocycles. The number of benzene rings is 2. The van der Waals surface area contributed by atoms with Crippen molar-refractivity contribution < 1.29 is 23.4 Å². The Kier molecular flexibility index (Phi) is 4.36. The van der Waals surface area contributed by atoms with E-state index in [0.29, 0.717) is 21.9 Å². The Balaban J connectivity index is 1.78. The first-order chi connectivity index (χ1) is 11.0. The van der Waals surface area contributed by atoms with Gasteiger partial charge < -0.3 is 19.9 Å². The van der Waals surface area contributed by atoms with Crippen LogP contribution in [0.2, 0.25) is 5.02 Å². The fourth-order valence-electron chi connectivity index (χ4n) is 2.30. The zero-order chi connectivity index (χ0) is 16.4. The molecule has 1 aliphatic rings. The van der Waals surface area contributed by atoms with Crippen LogP contribution in [0.4, 0.5) is 10.1 Å². The molecule has 1 heterocycles. The van der Waals surface area contributed by atoms with Crippen LogP contribution in [0.15, 0.2) is 30.3 Å². The average molecular weight is 338 g/mol. The van der Waals surface area contributed by atoms with Crippen molar-refractivity contribution in [2.24, 2.45) is 0 Å². The molecule has 2 aromatic rings. The quantitative estimate of drug-likeness (QED) is 0.687. The number of carbonyl (C=O) groups excluding carboxylic acids is 1. The van der Waals surface area contributed by atoms with E-state index in [2.05, 4.69) is 0 Å². The van der Waals surface area contributed by atoms with Gasteiger partial charge in [0.25, 0.3) is 0 Å². The van der Waals surface area contributed by atoms with Crippen LogP contribution >= 0.6 is 11.6 Å². The summed E-state index contributed by atoms with van der Waals surface area (Å²) in [4.78, 5) is 12.1. The standard InChI is InChI=1S/C16H13ClFNO4/c17-11-1-2-13(14(19)5-11)16(20)22-7-10-4-12(18)3-9-6-21-8-23-15(9)10/h1-5H,6-8,19H2. The molecule has 0 aliphatic carbocycles. The van der Waals surface area contributed by atoms with Gasteiger partial charge in [-0.2, -0.15) is 0 Å². The van der Waals surface area contributed by atoms with Crippen molar-refractivity contribution in [1.82, 2.24) is 0 Å². The molecule has 0 amide bonds. The molecule has 0 bridgehead atoms. The van der Waals surface area contributed by atoms with Crippen molar-refractivity contribution in [3.63, 3.8) is 0 Å². The summed E-state index contributed by atoms with van der Waals surface area (Å²) in [6, 6.07) is 7.08. The zero-order valence-corrected chi connectivity index (χ0v) is 12.7. The van der Waals surface area contributed by atoms with Crippen molar-refractivity contribution in [2.75, 3.05) is 12.5 Å². The molecule has 0 radical (unpaired) electrons. The number of halogens is 2. The topological polar surface area (TPSA) is 70.8 Å². The van der Waals surface area contributed by atoms with E-state index in [4.69, 9.17) is 31.5 Å². The van der Waals surface area contributed by atoms with Gasteiger partial charge in [0.2, 0.25) is 0 Å². The monoisotopic (exact) mass is 337 g/mol. The predicted molar refractivity (Wildman–Crippen MR) is 81.7 cm³/mol. The van der Waals surface area contributed by atoms with Crippen LogP contribution in [0.25, 0.3) is 0 Å². The maximum Gasteiger partial charge on any atom is 0.340 e. The Morgan fingerprint density at radius 1 is 1.35 bits per heavy atom. The Hall–Kier alpha value is -2.31. The largest absolute Gasteiger partial charge is 0.467 e. The second-order valence-electron chi connectivity index (χ2n) is 4.97. The van der Waals surface area contributed by atoms with Crippen LogP contribution in [-0.4, -0.2) is 12.8 Å². The first-order valence-corrected chi connectivity index (χ1v) is 7.16. The molecule has 23 heavy (non-hydrogen) atoms. The third kappa shape index (κ3) is 3.38. The minimum absolute atomic E-state index is 0.0731. The highest BCUT2D eigenvalue weighted by Gasteiger charge is 2.19. The minimum Gasteiger partial charge on any atom is -0.467 e. The highest BCUT2D eigenvalue weighted by atomic mass is 35.5. The molecule has 0 unspecified atom stereocenters. The van der Waals surface area contributed by atoms with Crippen LogP contribution in [-0.2, 0) is 22.7 Å². The summed E-state index contributed by atoms with van der Waals surface area (Å²) in [6.07, 6.45) is 0. The van der Waals surface area contributed by atoms with Crippen molar-refractivity contribution >= 4 is 23.3 Å². The van der Waals surface area contributed by atoms with Crippen molar-refractivity contribution in [3.8, 4) is 5.75 Å². The predicted octanol–water partition coefficient (Wildman–Crippen LogP) is 3.28. The van der Waals surface area contributed by atoms with Gasteiger partial charge in [0, 0.05) is 21.8 Å². The molecule has 3 rings (SSSR count). The molecule has 0 fully saturated rings. The number of rotatable bonds is 3. The van der Waals surface area contributed by atoms with E-state index in [0.717, 1.165) is 0 Å². The van der Waals surface area contributed by atoms with E-state index in [1.807, 2.05) is 0 Å². The Bertz CT molecular complexity index is 766.